The maximum absolute atomic E-state index is 5.44. The van der Waals surface area contributed by atoms with Crippen molar-refractivity contribution in [1.29, 1.82) is 0 Å². The lowest BCUT2D eigenvalue weighted by molar-refractivity contribution is 0.340. The fourth-order valence-corrected chi connectivity index (χ4v) is 2.67. The normalized spacial score (nSPS) is 12.3. The zero-order valence-electron chi connectivity index (χ0n) is 11.1. The minimum atomic E-state index is 0.257. The minimum Gasteiger partial charge on any atom is -0.494 e. The van der Waals surface area contributed by atoms with E-state index in [0.29, 0.717) is 11.8 Å². The van der Waals surface area contributed by atoms with Crippen LogP contribution in [-0.4, -0.2) is 24.4 Å². The van der Waals surface area contributed by atoms with Gasteiger partial charge < -0.3 is 14.5 Å². The maximum Gasteiger partial charge on any atom is 0.255 e. The molecule has 0 spiro atoms. The van der Waals surface area contributed by atoms with E-state index in [0.717, 1.165) is 11.5 Å². The molecule has 2 aromatic rings. The summed E-state index contributed by atoms with van der Waals surface area (Å²) in [6.45, 7) is 2.67. The number of ether oxygens (including phenoxy) is 1. The Morgan fingerprint density at radius 3 is 2.74 bits per heavy atom. The molecule has 1 unspecified atom stereocenters. The highest BCUT2D eigenvalue weighted by molar-refractivity contribution is 7.99. The summed E-state index contributed by atoms with van der Waals surface area (Å²) >= 11 is 1.60. The van der Waals surface area contributed by atoms with Crippen molar-refractivity contribution in [1.82, 2.24) is 10.3 Å². The molecular formula is C14H18N2O2S. The zero-order valence-corrected chi connectivity index (χ0v) is 11.9. The van der Waals surface area contributed by atoms with E-state index < -0.39 is 0 Å². The molecule has 1 heterocycles. The van der Waals surface area contributed by atoms with Crippen molar-refractivity contribution in [2.45, 2.75) is 18.2 Å². The van der Waals surface area contributed by atoms with Gasteiger partial charge in [0.15, 0.2) is 0 Å². The lowest BCUT2D eigenvalue weighted by atomic mass is 10.1. The van der Waals surface area contributed by atoms with Gasteiger partial charge in [-0.1, -0.05) is 23.9 Å². The fourth-order valence-electron chi connectivity index (χ4n) is 1.75. The number of rotatable bonds is 7. The molecule has 0 aliphatic heterocycles. The molecule has 0 fully saturated rings. The number of oxazole rings is 1. The number of hydrogen-bond acceptors (Lipinski definition) is 5. The summed E-state index contributed by atoms with van der Waals surface area (Å²) < 4.78 is 10.7. The van der Waals surface area contributed by atoms with Crippen molar-refractivity contribution < 1.29 is 9.15 Å². The van der Waals surface area contributed by atoms with E-state index in [4.69, 9.17) is 9.15 Å². The molecule has 5 heteroatoms. The van der Waals surface area contributed by atoms with Crippen molar-refractivity contribution >= 4 is 11.8 Å². The van der Waals surface area contributed by atoms with Gasteiger partial charge >= 0.3 is 0 Å². The molecule has 4 nitrogen and oxygen atoms in total. The Hall–Kier alpha value is -1.46. The van der Waals surface area contributed by atoms with Crippen molar-refractivity contribution in [3.8, 4) is 5.75 Å². The lowest BCUT2D eigenvalue weighted by Crippen LogP contribution is -2.18. The monoisotopic (exact) mass is 278 g/mol. The van der Waals surface area contributed by atoms with Gasteiger partial charge in [0.25, 0.3) is 5.22 Å². The second kappa shape index (κ2) is 7.21. The molecule has 1 aromatic carbocycles. The molecule has 1 N–H and O–H groups in total. The molecule has 102 valence electrons. The van der Waals surface area contributed by atoms with Gasteiger partial charge in [-0.15, -0.1) is 0 Å². The first-order valence-electron chi connectivity index (χ1n) is 6.25. The third-order valence-electron chi connectivity index (χ3n) is 2.73. The first-order chi connectivity index (χ1) is 9.33. The summed E-state index contributed by atoms with van der Waals surface area (Å²) in [5.41, 5.74) is 1.23. The predicted octanol–water partition coefficient (Wildman–Crippen LogP) is 3.13. The predicted molar refractivity (Wildman–Crippen MR) is 76.6 cm³/mol. The maximum atomic E-state index is 5.44. The van der Waals surface area contributed by atoms with E-state index in [1.54, 1.807) is 24.2 Å². The zero-order chi connectivity index (χ0) is 13.5. The van der Waals surface area contributed by atoms with Gasteiger partial charge in [0.05, 0.1) is 12.8 Å². The van der Waals surface area contributed by atoms with Gasteiger partial charge in [0, 0.05) is 11.8 Å². The van der Waals surface area contributed by atoms with Gasteiger partial charge in [-0.25, -0.2) is 4.98 Å². The summed E-state index contributed by atoms with van der Waals surface area (Å²) in [7, 11) is 1.96. The van der Waals surface area contributed by atoms with Gasteiger partial charge in [0.1, 0.15) is 12.0 Å². The first kappa shape index (κ1) is 14.0. The molecule has 1 atom stereocenters. The number of thioether (sulfide) groups is 1. The van der Waals surface area contributed by atoms with Crippen LogP contribution in [0.2, 0.25) is 0 Å². The van der Waals surface area contributed by atoms with Gasteiger partial charge in [-0.3, -0.25) is 0 Å². The molecule has 0 radical (unpaired) electrons. The molecule has 19 heavy (non-hydrogen) atoms. The average Bonchev–Trinajstić information content (AvgIpc) is 2.95. The van der Waals surface area contributed by atoms with Crippen LogP contribution < -0.4 is 10.1 Å². The molecule has 0 aliphatic carbocycles. The molecule has 0 amide bonds. The summed E-state index contributed by atoms with van der Waals surface area (Å²) in [5.74, 6) is 1.77. The highest BCUT2D eigenvalue weighted by Gasteiger charge is 2.11. The van der Waals surface area contributed by atoms with Crippen molar-refractivity contribution in [2.24, 2.45) is 0 Å². The number of benzene rings is 1. The Balaban J connectivity index is 1.96. The largest absolute Gasteiger partial charge is 0.494 e. The number of nitrogens with one attached hydrogen (secondary N) is 1. The van der Waals surface area contributed by atoms with Crippen LogP contribution in [0.4, 0.5) is 0 Å². The smallest absolute Gasteiger partial charge is 0.255 e. The van der Waals surface area contributed by atoms with Crippen molar-refractivity contribution in [3.63, 3.8) is 0 Å². The van der Waals surface area contributed by atoms with E-state index >= 15 is 0 Å². The van der Waals surface area contributed by atoms with Crippen LogP contribution in [0.3, 0.4) is 0 Å². The topological polar surface area (TPSA) is 47.3 Å². The van der Waals surface area contributed by atoms with Crippen LogP contribution in [0.1, 0.15) is 18.5 Å². The van der Waals surface area contributed by atoms with Crippen molar-refractivity contribution in [2.75, 3.05) is 19.4 Å². The fraction of sp³-hybridized carbons (Fsp3) is 0.357. The van der Waals surface area contributed by atoms with E-state index in [9.17, 15) is 0 Å². The Bertz CT molecular complexity index is 471. The van der Waals surface area contributed by atoms with E-state index in [2.05, 4.69) is 22.4 Å². The van der Waals surface area contributed by atoms with Crippen LogP contribution in [0.5, 0.6) is 5.75 Å². The molecule has 0 saturated carbocycles. The third kappa shape index (κ3) is 4.01. The quantitative estimate of drug-likeness (QED) is 0.788. The number of hydrogen-bond donors (Lipinski definition) is 1. The first-order valence-corrected chi connectivity index (χ1v) is 7.24. The van der Waals surface area contributed by atoms with Gasteiger partial charge in [-0.05, 0) is 31.7 Å². The molecule has 2 rings (SSSR count). The van der Waals surface area contributed by atoms with Crippen LogP contribution >= 0.6 is 11.8 Å². The summed E-state index contributed by atoms with van der Waals surface area (Å²) in [5, 5.41) is 4.00. The van der Waals surface area contributed by atoms with Gasteiger partial charge in [0.2, 0.25) is 0 Å². The Morgan fingerprint density at radius 2 is 2.16 bits per heavy atom. The van der Waals surface area contributed by atoms with Crippen molar-refractivity contribution in [3.05, 3.63) is 42.3 Å². The number of aromatic nitrogens is 1. The lowest BCUT2D eigenvalue weighted by Gasteiger charge is -2.15. The Kier molecular flexibility index (Phi) is 5.30. The molecular weight excluding hydrogens is 260 g/mol. The van der Waals surface area contributed by atoms with E-state index in [1.807, 2.05) is 26.1 Å². The Morgan fingerprint density at radius 1 is 1.37 bits per heavy atom. The average molecular weight is 278 g/mol. The van der Waals surface area contributed by atoms with E-state index in [-0.39, 0.29) is 6.04 Å². The summed E-state index contributed by atoms with van der Waals surface area (Å²) in [6.07, 6.45) is 3.25. The highest BCUT2D eigenvalue weighted by Crippen LogP contribution is 2.24. The highest BCUT2D eigenvalue weighted by atomic mass is 32.2. The molecule has 0 bridgehead atoms. The molecule has 1 aromatic heterocycles. The second-order valence-electron chi connectivity index (χ2n) is 3.95. The van der Waals surface area contributed by atoms with Crippen LogP contribution in [0, 0.1) is 0 Å². The van der Waals surface area contributed by atoms with Crippen LogP contribution in [0.25, 0.3) is 0 Å². The molecule has 0 saturated heterocycles. The summed E-state index contributed by atoms with van der Waals surface area (Å²) in [4.78, 5) is 4.10. The third-order valence-corrected chi connectivity index (χ3v) is 3.67. The SMILES string of the molecule is CCOc1ccc(C(CSc2ncco2)NC)cc1. The molecule has 0 aliphatic rings. The van der Waals surface area contributed by atoms with E-state index in [1.165, 1.54) is 5.56 Å². The Labute approximate surface area is 117 Å². The number of nitrogens with zero attached hydrogens (tertiary/aromatic N) is 1. The van der Waals surface area contributed by atoms with Gasteiger partial charge in [-0.2, -0.15) is 0 Å². The van der Waals surface area contributed by atoms with Crippen LogP contribution in [0.15, 0.2) is 46.4 Å². The standard InChI is InChI=1S/C14H18N2O2S/c1-3-17-12-6-4-11(5-7-12)13(15-2)10-19-14-16-8-9-18-14/h4-9,13,15H,3,10H2,1-2H3. The minimum absolute atomic E-state index is 0.257. The van der Waals surface area contributed by atoms with Crippen LogP contribution in [-0.2, 0) is 0 Å². The second-order valence-corrected chi connectivity index (χ2v) is 4.92. The summed E-state index contributed by atoms with van der Waals surface area (Å²) in [6, 6.07) is 8.43.